The van der Waals surface area contributed by atoms with E-state index in [-0.39, 0.29) is 5.69 Å². The van der Waals surface area contributed by atoms with Gasteiger partial charge in [-0.2, -0.15) is 0 Å². The lowest BCUT2D eigenvalue weighted by Gasteiger charge is -2.19. The largest absolute Gasteiger partial charge is 0.367 e. The highest BCUT2D eigenvalue weighted by Crippen LogP contribution is 2.33. The molecule has 0 saturated heterocycles. The van der Waals surface area contributed by atoms with Crippen LogP contribution < -0.4 is 5.32 Å². The number of aromatic nitrogens is 1. The summed E-state index contributed by atoms with van der Waals surface area (Å²) in [4.78, 5) is 14.4. The Morgan fingerprint density at radius 3 is 2.82 bits per heavy atom. The van der Waals surface area contributed by atoms with Crippen LogP contribution in [-0.4, -0.2) is 15.9 Å². The van der Waals surface area contributed by atoms with Gasteiger partial charge in [0.05, 0.1) is 11.0 Å². The summed E-state index contributed by atoms with van der Waals surface area (Å²) >= 11 is 0. The fraction of sp³-hybridized carbons (Fsp3) is 0.583. The maximum atomic E-state index is 10.7. The molecule has 5 nitrogen and oxygen atoms in total. The first kappa shape index (κ1) is 11.8. The van der Waals surface area contributed by atoms with E-state index < -0.39 is 4.92 Å². The van der Waals surface area contributed by atoms with E-state index in [1.165, 1.54) is 24.8 Å². The molecule has 0 aromatic carbocycles. The third-order valence-electron chi connectivity index (χ3n) is 3.75. The first-order valence-corrected chi connectivity index (χ1v) is 5.95. The minimum absolute atomic E-state index is 0.0844. The second-order valence-electron chi connectivity index (χ2n) is 4.82. The Bertz CT molecular complexity index is 422. The van der Waals surface area contributed by atoms with Crippen LogP contribution in [0.3, 0.4) is 0 Å². The summed E-state index contributed by atoms with van der Waals surface area (Å²) in [6.07, 6.45) is 3.78. The quantitative estimate of drug-likeness (QED) is 0.646. The second kappa shape index (κ2) is 4.69. The summed E-state index contributed by atoms with van der Waals surface area (Å²) in [5, 5.41) is 14.0. The fourth-order valence-electron chi connectivity index (χ4n) is 2.37. The van der Waals surface area contributed by atoms with Crippen molar-refractivity contribution < 1.29 is 4.92 Å². The number of anilines is 1. The van der Waals surface area contributed by atoms with Gasteiger partial charge in [-0.15, -0.1) is 0 Å². The minimum atomic E-state index is -0.395. The van der Waals surface area contributed by atoms with Crippen molar-refractivity contribution in [1.82, 2.24) is 4.98 Å². The van der Waals surface area contributed by atoms with Crippen molar-refractivity contribution in [2.45, 2.75) is 32.7 Å². The van der Waals surface area contributed by atoms with Crippen molar-refractivity contribution in [1.29, 1.82) is 0 Å². The fourth-order valence-corrected chi connectivity index (χ4v) is 2.37. The van der Waals surface area contributed by atoms with Gasteiger partial charge < -0.3 is 5.32 Å². The van der Waals surface area contributed by atoms with Crippen molar-refractivity contribution >= 4 is 11.5 Å². The van der Waals surface area contributed by atoms with Gasteiger partial charge in [0.1, 0.15) is 5.82 Å². The summed E-state index contributed by atoms with van der Waals surface area (Å²) in [5.41, 5.74) is 0.0844. The van der Waals surface area contributed by atoms with Crippen LogP contribution in [0.2, 0.25) is 0 Å². The number of hydrogen-bond acceptors (Lipinski definition) is 4. The Labute approximate surface area is 100 Å². The van der Waals surface area contributed by atoms with E-state index in [2.05, 4.69) is 24.1 Å². The van der Waals surface area contributed by atoms with Gasteiger partial charge in [-0.1, -0.05) is 13.8 Å². The van der Waals surface area contributed by atoms with Gasteiger partial charge in [-0.25, -0.2) is 4.98 Å². The molecule has 0 aliphatic heterocycles. The Kier molecular flexibility index (Phi) is 3.26. The predicted molar refractivity (Wildman–Crippen MR) is 65.9 cm³/mol. The Balaban J connectivity index is 2.08. The molecule has 3 atom stereocenters. The van der Waals surface area contributed by atoms with Gasteiger partial charge in [-0.3, -0.25) is 10.1 Å². The topological polar surface area (TPSA) is 68.1 Å². The summed E-state index contributed by atoms with van der Waals surface area (Å²) in [5.74, 6) is 1.88. The van der Waals surface area contributed by atoms with Gasteiger partial charge in [0.2, 0.25) is 0 Å². The molecule has 1 aromatic rings. The van der Waals surface area contributed by atoms with Crippen molar-refractivity contribution in [2.24, 2.45) is 11.8 Å². The third kappa shape index (κ3) is 2.54. The van der Waals surface area contributed by atoms with E-state index in [9.17, 15) is 10.1 Å². The normalized spacial score (nSPS) is 28.0. The van der Waals surface area contributed by atoms with Crippen LogP contribution in [0.25, 0.3) is 0 Å². The molecule has 1 fully saturated rings. The van der Waals surface area contributed by atoms with Crippen LogP contribution >= 0.6 is 0 Å². The summed E-state index contributed by atoms with van der Waals surface area (Å²) in [7, 11) is 0. The average molecular weight is 235 g/mol. The highest BCUT2D eigenvalue weighted by atomic mass is 16.6. The minimum Gasteiger partial charge on any atom is -0.367 e. The number of nitro groups is 1. The molecule has 92 valence electrons. The van der Waals surface area contributed by atoms with Gasteiger partial charge in [0.15, 0.2) is 0 Å². The highest BCUT2D eigenvalue weighted by molar-refractivity contribution is 5.45. The molecule has 17 heavy (non-hydrogen) atoms. The molecule has 5 heteroatoms. The molecule has 1 heterocycles. The van der Waals surface area contributed by atoms with Crippen LogP contribution in [0.5, 0.6) is 0 Å². The van der Waals surface area contributed by atoms with Gasteiger partial charge in [0, 0.05) is 18.3 Å². The third-order valence-corrected chi connectivity index (χ3v) is 3.75. The number of pyridine rings is 1. The van der Waals surface area contributed by atoms with Crippen LogP contribution in [0.1, 0.15) is 26.7 Å². The Morgan fingerprint density at radius 1 is 1.47 bits per heavy atom. The molecular formula is C12H17N3O2. The molecule has 1 aliphatic rings. The van der Waals surface area contributed by atoms with E-state index >= 15 is 0 Å². The van der Waals surface area contributed by atoms with Gasteiger partial charge in [-0.05, 0) is 24.7 Å². The first-order chi connectivity index (χ1) is 8.08. The molecule has 2 rings (SSSR count). The zero-order valence-electron chi connectivity index (χ0n) is 10.1. The first-order valence-electron chi connectivity index (χ1n) is 5.95. The van der Waals surface area contributed by atoms with Crippen LogP contribution in [0.4, 0.5) is 11.5 Å². The Morgan fingerprint density at radius 2 is 2.24 bits per heavy atom. The zero-order chi connectivity index (χ0) is 12.4. The number of hydrogen-bond donors (Lipinski definition) is 1. The van der Waals surface area contributed by atoms with Gasteiger partial charge in [0.25, 0.3) is 5.69 Å². The van der Waals surface area contributed by atoms with E-state index in [1.807, 2.05) is 0 Å². The summed E-state index contributed by atoms with van der Waals surface area (Å²) in [6.45, 7) is 4.46. The monoisotopic (exact) mass is 235 g/mol. The van der Waals surface area contributed by atoms with E-state index in [0.717, 1.165) is 6.42 Å². The van der Waals surface area contributed by atoms with E-state index in [1.54, 1.807) is 0 Å². The number of rotatable bonds is 3. The molecule has 1 aromatic heterocycles. The SMILES string of the molecule is CC1CCC(Nc2cc([N+](=O)[O-])ccn2)C1C. The maximum Gasteiger partial charge on any atom is 0.274 e. The molecule has 0 amide bonds. The molecule has 0 bridgehead atoms. The number of nitrogens with one attached hydrogen (secondary N) is 1. The number of nitrogens with zero attached hydrogens (tertiary/aromatic N) is 2. The lowest BCUT2D eigenvalue weighted by atomic mass is 9.98. The molecule has 0 spiro atoms. The Hall–Kier alpha value is -1.65. The second-order valence-corrected chi connectivity index (χ2v) is 4.82. The van der Waals surface area contributed by atoms with Crippen molar-refractivity contribution in [3.63, 3.8) is 0 Å². The van der Waals surface area contributed by atoms with E-state index in [0.29, 0.717) is 23.7 Å². The summed E-state index contributed by atoms with van der Waals surface area (Å²) < 4.78 is 0. The average Bonchev–Trinajstić information content (AvgIpc) is 2.61. The van der Waals surface area contributed by atoms with Crippen LogP contribution in [0, 0.1) is 22.0 Å². The smallest absolute Gasteiger partial charge is 0.274 e. The summed E-state index contributed by atoms with van der Waals surface area (Å²) in [6, 6.07) is 3.28. The highest BCUT2D eigenvalue weighted by Gasteiger charge is 2.29. The molecule has 1 aliphatic carbocycles. The van der Waals surface area contributed by atoms with Crippen molar-refractivity contribution in [3.05, 3.63) is 28.4 Å². The molecule has 1 saturated carbocycles. The maximum absolute atomic E-state index is 10.7. The van der Waals surface area contributed by atoms with Crippen LogP contribution in [-0.2, 0) is 0 Å². The van der Waals surface area contributed by atoms with Gasteiger partial charge >= 0.3 is 0 Å². The predicted octanol–water partition coefficient (Wildman–Crippen LogP) is 2.84. The standard InChI is InChI=1S/C12H17N3O2/c1-8-3-4-11(9(8)2)14-12-7-10(15(16)17)5-6-13-12/h5-9,11H,3-4H2,1-2H3,(H,13,14). The van der Waals surface area contributed by atoms with Crippen LogP contribution in [0.15, 0.2) is 18.3 Å². The lowest BCUT2D eigenvalue weighted by Crippen LogP contribution is -2.24. The molecular weight excluding hydrogens is 218 g/mol. The lowest BCUT2D eigenvalue weighted by molar-refractivity contribution is -0.384. The molecule has 3 unspecified atom stereocenters. The van der Waals surface area contributed by atoms with Crippen molar-refractivity contribution in [3.8, 4) is 0 Å². The van der Waals surface area contributed by atoms with Crippen molar-refractivity contribution in [2.75, 3.05) is 5.32 Å². The molecule has 1 N–H and O–H groups in total. The molecule has 0 radical (unpaired) electrons. The zero-order valence-corrected chi connectivity index (χ0v) is 10.1. The van der Waals surface area contributed by atoms with E-state index in [4.69, 9.17) is 0 Å².